The Kier molecular flexibility index (Phi) is 9.65. The lowest BCUT2D eigenvalue weighted by molar-refractivity contribution is 0.221. The van der Waals surface area contributed by atoms with Crippen LogP contribution in [0, 0.1) is 0 Å². The minimum absolute atomic E-state index is 0.0388. The van der Waals surface area contributed by atoms with Crippen molar-refractivity contribution in [1.29, 1.82) is 0 Å². The van der Waals surface area contributed by atoms with Crippen LogP contribution in [-0.4, -0.2) is 26.8 Å². The fraction of sp³-hybridized carbons (Fsp3) is 0.800. The first-order valence-electron chi connectivity index (χ1n) is 5.31. The van der Waals surface area contributed by atoms with Crippen LogP contribution in [0.15, 0.2) is 0 Å². The molecule has 5 heteroatoms. The predicted octanol–water partition coefficient (Wildman–Crippen LogP) is 3.96. The van der Waals surface area contributed by atoms with Gasteiger partial charge >= 0.3 is 0 Å². The fourth-order valence-corrected chi connectivity index (χ4v) is 2.04. The molecule has 0 N–H and O–H groups in total. The van der Waals surface area contributed by atoms with Crippen molar-refractivity contribution in [2.45, 2.75) is 39.5 Å². The molecule has 0 aliphatic carbocycles. The summed E-state index contributed by atoms with van der Waals surface area (Å²) in [6, 6.07) is 0. The lowest BCUT2D eigenvalue weighted by atomic mass is 10.3. The lowest BCUT2D eigenvalue weighted by Crippen LogP contribution is -2.30. The van der Waals surface area contributed by atoms with Crippen molar-refractivity contribution in [3.05, 3.63) is 0 Å². The number of thioether (sulfide) groups is 1. The number of nitrogens with zero attached hydrogens (tertiary/aromatic N) is 1. The van der Waals surface area contributed by atoms with Crippen LogP contribution in [0.4, 0.5) is 4.79 Å². The molecule has 2 nitrogen and oxygen atoms in total. The van der Waals surface area contributed by atoms with Gasteiger partial charge in [-0.2, -0.15) is 0 Å². The van der Waals surface area contributed by atoms with E-state index in [0.29, 0.717) is 3.53 Å². The third kappa shape index (κ3) is 8.11. The Morgan fingerprint density at radius 3 is 2.07 bits per heavy atom. The maximum absolute atomic E-state index is 11.7. The predicted molar refractivity (Wildman–Crippen MR) is 76.0 cm³/mol. The van der Waals surface area contributed by atoms with E-state index < -0.39 is 0 Å². The normalized spacial score (nSPS) is 10.1. The van der Waals surface area contributed by atoms with Gasteiger partial charge in [-0.15, -0.1) is 12.6 Å². The minimum Gasteiger partial charge on any atom is -0.333 e. The fourth-order valence-electron chi connectivity index (χ4n) is 1.13. The van der Waals surface area contributed by atoms with E-state index in [-0.39, 0.29) is 5.24 Å². The zero-order valence-electron chi connectivity index (χ0n) is 9.36. The summed E-state index contributed by atoms with van der Waals surface area (Å²) in [5.74, 6) is 0. The highest BCUT2D eigenvalue weighted by atomic mass is 32.2. The van der Waals surface area contributed by atoms with Crippen molar-refractivity contribution in [2.24, 2.45) is 0 Å². The van der Waals surface area contributed by atoms with Crippen LogP contribution in [0.25, 0.3) is 0 Å². The van der Waals surface area contributed by atoms with Gasteiger partial charge in [-0.25, -0.2) is 0 Å². The number of thiol groups is 1. The van der Waals surface area contributed by atoms with Gasteiger partial charge in [0.15, 0.2) is 0 Å². The third-order valence-corrected chi connectivity index (χ3v) is 3.13. The molecule has 0 heterocycles. The minimum atomic E-state index is 0.0388. The lowest BCUT2D eigenvalue weighted by Gasteiger charge is -2.21. The molecular weight excluding hydrogens is 246 g/mol. The molecule has 1 amide bonds. The summed E-state index contributed by atoms with van der Waals surface area (Å²) in [6.45, 7) is 5.91. The van der Waals surface area contributed by atoms with Crippen LogP contribution in [0.3, 0.4) is 0 Å². The van der Waals surface area contributed by atoms with Gasteiger partial charge in [0.2, 0.25) is 0 Å². The van der Waals surface area contributed by atoms with Crippen LogP contribution in [0.1, 0.15) is 39.5 Å². The molecule has 0 aromatic heterocycles. The monoisotopic (exact) mass is 265 g/mol. The molecule has 0 aliphatic rings. The van der Waals surface area contributed by atoms with E-state index in [1.165, 1.54) is 0 Å². The summed E-state index contributed by atoms with van der Waals surface area (Å²) in [5.41, 5.74) is 0. The Bertz CT molecular complexity index is 201. The highest BCUT2D eigenvalue weighted by Gasteiger charge is 2.13. The summed E-state index contributed by atoms with van der Waals surface area (Å²) in [7, 11) is 0. The molecule has 0 saturated heterocycles. The summed E-state index contributed by atoms with van der Waals surface area (Å²) >= 11 is 9.80. The molecule has 0 aromatic rings. The van der Waals surface area contributed by atoms with Crippen molar-refractivity contribution < 1.29 is 4.79 Å². The van der Waals surface area contributed by atoms with Crippen molar-refractivity contribution in [3.8, 4) is 0 Å². The summed E-state index contributed by atoms with van der Waals surface area (Å²) in [5, 5.41) is 0.0388. The molecule has 0 aromatic carbocycles. The van der Waals surface area contributed by atoms with Gasteiger partial charge in [-0.1, -0.05) is 38.9 Å². The molecule has 15 heavy (non-hydrogen) atoms. The van der Waals surface area contributed by atoms with E-state index in [4.69, 9.17) is 12.2 Å². The Labute approximate surface area is 108 Å². The smallest absolute Gasteiger partial charge is 0.287 e. The first-order chi connectivity index (χ1) is 7.11. The third-order valence-electron chi connectivity index (χ3n) is 2.00. The summed E-state index contributed by atoms with van der Waals surface area (Å²) in [4.78, 5) is 13.6. The molecule has 0 atom stereocenters. The average Bonchev–Trinajstić information content (AvgIpc) is 2.17. The number of rotatable bonds is 6. The Balaban J connectivity index is 4.07. The van der Waals surface area contributed by atoms with Crippen molar-refractivity contribution >= 4 is 45.4 Å². The summed E-state index contributed by atoms with van der Waals surface area (Å²) in [6.07, 6.45) is 4.31. The second-order valence-electron chi connectivity index (χ2n) is 3.33. The van der Waals surface area contributed by atoms with Crippen LogP contribution >= 0.6 is 36.6 Å². The van der Waals surface area contributed by atoms with Crippen LogP contribution in [0.2, 0.25) is 0 Å². The molecule has 0 radical (unpaired) electrons. The first-order valence-corrected chi connectivity index (χ1v) is 6.98. The van der Waals surface area contributed by atoms with Crippen molar-refractivity contribution in [2.75, 3.05) is 13.1 Å². The maximum Gasteiger partial charge on any atom is 0.287 e. The van der Waals surface area contributed by atoms with Gasteiger partial charge in [0, 0.05) is 13.1 Å². The van der Waals surface area contributed by atoms with E-state index in [9.17, 15) is 4.79 Å². The molecular formula is C10H19NOS3. The van der Waals surface area contributed by atoms with E-state index in [1.807, 2.05) is 4.90 Å². The van der Waals surface area contributed by atoms with Crippen LogP contribution in [0.5, 0.6) is 0 Å². The van der Waals surface area contributed by atoms with Gasteiger partial charge in [0.05, 0.1) is 0 Å². The summed E-state index contributed by atoms with van der Waals surface area (Å²) < 4.78 is 0.401. The molecule has 0 fully saturated rings. The quantitative estimate of drug-likeness (QED) is 0.580. The highest BCUT2D eigenvalue weighted by Crippen LogP contribution is 2.15. The van der Waals surface area contributed by atoms with E-state index in [1.54, 1.807) is 0 Å². The molecule has 0 spiro atoms. The number of hydrogen-bond acceptors (Lipinski definition) is 3. The molecule has 0 rings (SSSR count). The van der Waals surface area contributed by atoms with Crippen LogP contribution < -0.4 is 0 Å². The number of unbranched alkanes of at least 4 members (excludes halogenated alkanes) is 2. The van der Waals surface area contributed by atoms with E-state index >= 15 is 0 Å². The van der Waals surface area contributed by atoms with Crippen LogP contribution in [-0.2, 0) is 0 Å². The number of thiocarbonyl (C=S) groups is 1. The number of carbonyl (C=O) groups is 1. The molecule has 0 saturated carbocycles. The average molecular weight is 265 g/mol. The topological polar surface area (TPSA) is 20.3 Å². The van der Waals surface area contributed by atoms with E-state index in [0.717, 1.165) is 50.5 Å². The largest absolute Gasteiger partial charge is 0.333 e. The van der Waals surface area contributed by atoms with Gasteiger partial charge in [-0.05, 0) is 24.6 Å². The second kappa shape index (κ2) is 9.48. The highest BCUT2D eigenvalue weighted by molar-refractivity contribution is 8.47. The molecule has 0 unspecified atom stereocenters. The molecule has 88 valence electrons. The van der Waals surface area contributed by atoms with Crippen molar-refractivity contribution in [1.82, 2.24) is 4.90 Å². The maximum atomic E-state index is 11.7. The Morgan fingerprint density at radius 2 is 1.73 bits per heavy atom. The molecule has 0 aliphatic heterocycles. The van der Waals surface area contributed by atoms with Gasteiger partial charge in [0.25, 0.3) is 5.24 Å². The molecule has 0 bridgehead atoms. The number of amides is 1. The number of hydrogen-bond donors (Lipinski definition) is 1. The van der Waals surface area contributed by atoms with Gasteiger partial charge in [0.1, 0.15) is 3.53 Å². The first kappa shape index (κ1) is 15.3. The zero-order valence-corrected chi connectivity index (χ0v) is 11.9. The zero-order chi connectivity index (χ0) is 11.7. The van der Waals surface area contributed by atoms with Crippen molar-refractivity contribution in [3.63, 3.8) is 0 Å². The second-order valence-corrected chi connectivity index (χ2v) is 6.01. The van der Waals surface area contributed by atoms with Gasteiger partial charge < -0.3 is 4.90 Å². The standard InChI is InChI=1S/C10H19NOS3/c1-3-5-7-11(8-6-4-2)9(12)15-10(13)14/h3-8H2,1-2H3,(H,13,14). The SMILES string of the molecule is CCCCN(CCCC)C(=O)SC(=S)S. The Morgan fingerprint density at radius 1 is 1.27 bits per heavy atom. The van der Waals surface area contributed by atoms with E-state index in [2.05, 4.69) is 26.5 Å². The number of carbonyl (C=O) groups excluding carboxylic acids is 1. The van der Waals surface area contributed by atoms with Gasteiger partial charge in [-0.3, -0.25) is 4.79 Å². The Hall–Kier alpha value is 0.260.